The number of benzene rings is 1. The van der Waals surface area contributed by atoms with Crippen LogP contribution < -0.4 is 0 Å². The van der Waals surface area contributed by atoms with Crippen molar-refractivity contribution in [1.29, 1.82) is 0 Å². The van der Waals surface area contributed by atoms with Gasteiger partial charge in [-0.15, -0.1) is 0 Å². The largest absolute Gasteiger partial charge is 0.207 e. The number of hydrogen-bond acceptors (Lipinski definition) is 1. The van der Waals surface area contributed by atoms with Crippen LogP contribution in [0.25, 0.3) is 0 Å². The highest BCUT2D eigenvalue weighted by Gasteiger charge is 2.19. The van der Waals surface area contributed by atoms with E-state index in [-0.39, 0.29) is 5.56 Å². The molecule has 0 amide bonds. The van der Waals surface area contributed by atoms with Crippen LogP contribution in [0.4, 0.5) is 8.78 Å². The lowest BCUT2D eigenvalue weighted by Crippen LogP contribution is -2.10. The molecule has 0 fully saturated rings. The third kappa shape index (κ3) is 1.97. The van der Waals surface area contributed by atoms with Gasteiger partial charge in [0, 0.05) is 10.3 Å². The molecule has 1 aromatic rings. The summed E-state index contributed by atoms with van der Waals surface area (Å²) in [7, 11) is 0. The second kappa shape index (κ2) is 3.05. The molecule has 0 aliphatic rings. The molecule has 0 saturated heterocycles. The molecule has 0 atom stereocenters. The highest BCUT2D eigenvalue weighted by Crippen LogP contribution is 2.29. The first-order valence-corrected chi connectivity index (χ1v) is 4.04. The normalized spacial score (nSPS) is 11.8. The predicted molar refractivity (Wildman–Crippen MR) is 48.4 cm³/mol. The van der Waals surface area contributed by atoms with Gasteiger partial charge in [-0.25, -0.2) is 8.78 Å². The van der Waals surface area contributed by atoms with Crippen LogP contribution in [0.1, 0.15) is 19.4 Å². The maximum Gasteiger partial charge on any atom is 0.127 e. The Balaban J connectivity index is 3.23. The molecule has 0 heterocycles. The predicted octanol–water partition coefficient (Wildman–Crippen LogP) is 3.13. The van der Waals surface area contributed by atoms with Crippen LogP contribution in [0.5, 0.6) is 0 Å². The van der Waals surface area contributed by atoms with Crippen LogP contribution in [-0.4, -0.2) is 0 Å². The van der Waals surface area contributed by atoms with Crippen LogP contribution in [-0.2, 0) is 4.75 Å². The fourth-order valence-electron chi connectivity index (χ4n) is 0.966. The number of halogens is 2. The molecule has 0 unspecified atom stereocenters. The number of rotatable bonds is 1. The molecule has 3 heteroatoms. The van der Waals surface area contributed by atoms with E-state index in [0.29, 0.717) is 0 Å². The number of thiol groups is 1. The lowest BCUT2D eigenvalue weighted by atomic mass is 10.0. The van der Waals surface area contributed by atoms with Crippen LogP contribution in [0.3, 0.4) is 0 Å². The first kappa shape index (κ1) is 9.52. The Bertz CT molecular complexity index is 289. The Morgan fingerprint density at radius 1 is 1.25 bits per heavy atom. The standard InChI is InChI=1S/C9H10F2S/c1-9(2,12)7-5-6(10)3-4-8(7)11/h3-5,12H,1-2H3. The molecule has 66 valence electrons. The van der Waals surface area contributed by atoms with Crippen molar-refractivity contribution in [1.82, 2.24) is 0 Å². The molecule has 0 aliphatic heterocycles. The van der Waals surface area contributed by atoms with Gasteiger partial charge in [0.05, 0.1) is 0 Å². The highest BCUT2D eigenvalue weighted by atomic mass is 32.1. The van der Waals surface area contributed by atoms with Gasteiger partial charge in [-0.05, 0) is 32.0 Å². The van der Waals surface area contributed by atoms with E-state index in [9.17, 15) is 8.78 Å². The molecule has 1 aromatic carbocycles. The monoisotopic (exact) mass is 188 g/mol. The minimum Gasteiger partial charge on any atom is -0.207 e. The van der Waals surface area contributed by atoms with Crippen LogP contribution in [0.15, 0.2) is 18.2 Å². The second-order valence-corrected chi connectivity index (χ2v) is 4.30. The summed E-state index contributed by atoms with van der Waals surface area (Å²) in [6.07, 6.45) is 0. The Hall–Kier alpha value is -0.570. The minimum atomic E-state index is -0.647. The van der Waals surface area contributed by atoms with Crippen LogP contribution in [0, 0.1) is 11.6 Å². The third-order valence-corrected chi connectivity index (χ3v) is 1.83. The van der Waals surface area contributed by atoms with E-state index in [2.05, 4.69) is 12.6 Å². The van der Waals surface area contributed by atoms with Crippen molar-refractivity contribution in [2.45, 2.75) is 18.6 Å². The molecule has 0 aliphatic carbocycles. The average molecular weight is 188 g/mol. The molecular weight excluding hydrogens is 178 g/mol. The fourth-order valence-corrected chi connectivity index (χ4v) is 1.14. The fraction of sp³-hybridized carbons (Fsp3) is 0.333. The summed E-state index contributed by atoms with van der Waals surface area (Å²) in [5.41, 5.74) is 0.283. The SMILES string of the molecule is CC(C)(S)c1cc(F)ccc1F. The lowest BCUT2D eigenvalue weighted by molar-refractivity contribution is 0.567. The van der Waals surface area contributed by atoms with Crippen molar-refractivity contribution < 1.29 is 8.78 Å². The summed E-state index contributed by atoms with van der Waals surface area (Å²) in [5.74, 6) is -0.857. The van der Waals surface area contributed by atoms with Crippen LogP contribution >= 0.6 is 12.6 Å². The summed E-state index contributed by atoms with van der Waals surface area (Å²) in [5, 5.41) is 0. The Labute approximate surface area is 76.0 Å². The van der Waals surface area contributed by atoms with E-state index in [0.717, 1.165) is 12.1 Å². The molecular formula is C9H10F2S. The van der Waals surface area contributed by atoms with Gasteiger partial charge >= 0.3 is 0 Å². The van der Waals surface area contributed by atoms with Gasteiger partial charge in [-0.1, -0.05) is 0 Å². The average Bonchev–Trinajstić information content (AvgIpc) is 1.92. The molecule has 1 rings (SSSR count). The maximum atomic E-state index is 13.1. The summed E-state index contributed by atoms with van der Waals surface area (Å²) in [6, 6.07) is 3.38. The zero-order valence-electron chi connectivity index (χ0n) is 6.94. The molecule has 0 N–H and O–H groups in total. The highest BCUT2D eigenvalue weighted by molar-refractivity contribution is 7.81. The topological polar surface area (TPSA) is 0 Å². The van der Waals surface area contributed by atoms with Crippen molar-refractivity contribution in [2.75, 3.05) is 0 Å². The Morgan fingerprint density at radius 3 is 2.25 bits per heavy atom. The zero-order chi connectivity index (χ0) is 9.35. The number of hydrogen-bond donors (Lipinski definition) is 1. The van der Waals surface area contributed by atoms with Gasteiger partial charge in [0.1, 0.15) is 11.6 Å². The molecule has 12 heavy (non-hydrogen) atoms. The van der Waals surface area contributed by atoms with Crippen molar-refractivity contribution in [3.63, 3.8) is 0 Å². The van der Waals surface area contributed by atoms with Crippen molar-refractivity contribution >= 4 is 12.6 Å². The second-order valence-electron chi connectivity index (χ2n) is 3.18. The van der Waals surface area contributed by atoms with Gasteiger partial charge < -0.3 is 0 Å². The van der Waals surface area contributed by atoms with Crippen molar-refractivity contribution in [3.8, 4) is 0 Å². The summed E-state index contributed by atoms with van der Waals surface area (Å²) < 4.78 is 25.1. The zero-order valence-corrected chi connectivity index (χ0v) is 7.83. The van der Waals surface area contributed by atoms with Gasteiger partial charge in [-0.3, -0.25) is 0 Å². The third-order valence-electron chi connectivity index (χ3n) is 1.59. The van der Waals surface area contributed by atoms with E-state index in [1.165, 1.54) is 6.07 Å². The molecule has 0 spiro atoms. The van der Waals surface area contributed by atoms with Gasteiger partial charge in [0.25, 0.3) is 0 Å². The maximum absolute atomic E-state index is 13.1. The van der Waals surface area contributed by atoms with E-state index >= 15 is 0 Å². The van der Waals surface area contributed by atoms with E-state index < -0.39 is 16.4 Å². The van der Waals surface area contributed by atoms with Crippen LogP contribution in [0.2, 0.25) is 0 Å². The summed E-state index contributed by atoms with van der Waals surface area (Å²) in [4.78, 5) is 0. The van der Waals surface area contributed by atoms with Gasteiger partial charge in [-0.2, -0.15) is 12.6 Å². The Kier molecular flexibility index (Phi) is 2.42. The summed E-state index contributed by atoms with van der Waals surface area (Å²) in [6.45, 7) is 3.43. The van der Waals surface area contributed by atoms with Crippen molar-refractivity contribution in [3.05, 3.63) is 35.4 Å². The molecule has 0 aromatic heterocycles. The van der Waals surface area contributed by atoms with E-state index in [1.54, 1.807) is 13.8 Å². The Morgan fingerprint density at radius 2 is 1.83 bits per heavy atom. The molecule has 0 nitrogen and oxygen atoms in total. The molecule has 0 radical (unpaired) electrons. The summed E-state index contributed by atoms with van der Waals surface area (Å²) >= 11 is 4.15. The van der Waals surface area contributed by atoms with E-state index in [1.807, 2.05) is 0 Å². The van der Waals surface area contributed by atoms with Gasteiger partial charge in [0.15, 0.2) is 0 Å². The quantitative estimate of drug-likeness (QED) is 0.643. The first-order chi connectivity index (χ1) is 5.41. The molecule has 0 saturated carbocycles. The van der Waals surface area contributed by atoms with E-state index in [4.69, 9.17) is 0 Å². The van der Waals surface area contributed by atoms with Crippen molar-refractivity contribution in [2.24, 2.45) is 0 Å². The lowest BCUT2D eigenvalue weighted by Gasteiger charge is -2.18. The first-order valence-electron chi connectivity index (χ1n) is 3.59. The smallest absolute Gasteiger partial charge is 0.127 e. The molecule has 0 bridgehead atoms. The minimum absolute atomic E-state index is 0.283. The van der Waals surface area contributed by atoms with Gasteiger partial charge in [0.2, 0.25) is 0 Å².